The summed E-state index contributed by atoms with van der Waals surface area (Å²) in [5.74, 6) is 0.925. The maximum Gasteiger partial charge on any atom is 0.0621 e. The van der Waals surface area contributed by atoms with Crippen molar-refractivity contribution in [1.82, 2.24) is 4.98 Å². The van der Waals surface area contributed by atoms with E-state index in [0.29, 0.717) is 0 Å². The van der Waals surface area contributed by atoms with Crippen LogP contribution in [0.25, 0.3) is 0 Å². The van der Waals surface area contributed by atoms with Crippen molar-refractivity contribution in [2.45, 2.75) is 51.0 Å². The molecule has 0 radical (unpaired) electrons. The van der Waals surface area contributed by atoms with Crippen LogP contribution < -0.4 is 5.73 Å². The van der Waals surface area contributed by atoms with E-state index in [1.54, 1.807) is 12.4 Å². The van der Waals surface area contributed by atoms with Gasteiger partial charge in [0.1, 0.15) is 0 Å². The predicted octanol–water partition coefficient (Wildman–Crippen LogP) is 3.58. The van der Waals surface area contributed by atoms with Crippen LogP contribution >= 0.6 is 11.6 Å². The minimum Gasteiger partial charge on any atom is -0.327 e. The first-order chi connectivity index (χ1) is 8.25. The zero-order chi connectivity index (χ0) is 12.1. The number of aromatic nitrogens is 1. The van der Waals surface area contributed by atoms with Gasteiger partial charge in [0.15, 0.2) is 0 Å². The summed E-state index contributed by atoms with van der Waals surface area (Å²) in [5, 5.41) is 0.740. The average Bonchev–Trinajstić information content (AvgIpc) is 2.82. The van der Waals surface area contributed by atoms with Crippen LogP contribution in [-0.2, 0) is 6.42 Å². The Morgan fingerprint density at radius 3 is 2.88 bits per heavy atom. The Kier molecular flexibility index (Phi) is 4.81. The smallest absolute Gasteiger partial charge is 0.0621 e. The number of halogens is 1. The third-order valence-corrected chi connectivity index (χ3v) is 4.10. The normalized spacial score (nSPS) is 18.5. The molecule has 0 aromatic carbocycles. The van der Waals surface area contributed by atoms with E-state index in [0.717, 1.165) is 29.3 Å². The summed E-state index contributed by atoms with van der Waals surface area (Å²) in [6.45, 7) is 0. The van der Waals surface area contributed by atoms with Crippen molar-refractivity contribution in [3.63, 3.8) is 0 Å². The first-order valence-corrected chi connectivity index (χ1v) is 6.97. The van der Waals surface area contributed by atoms with Gasteiger partial charge in [-0.2, -0.15) is 0 Å². The lowest BCUT2D eigenvalue weighted by molar-refractivity contribution is 0.447. The van der Waals surface area contributed by atoms with Crippen LogP contribution in [0.3, 0.4) is 0 Å². The van der Waals surface area contributed by atoms with E-state index in [1.165, 1.54) is 32.1 Å². The van der Waals surface area contributed by atoms with Gasteiger partial charge in [-0.05, 0) is 36.8 Å². The number of nitrogens with zero attached hydrogens (tertiary/aromatic N) is 1. The fourth-order valence-electron chi connectivity index (χ4n) is 2.70. The highest BCUT2D eigenvalue weighted by molar-refractivity contribution is 6.31. The van der Waals surface area contributed by atoms with Gasteiger partial charge >= 0.3 is 0 Å². The number of pyridine rings is 1. The topological polar surface area (TPSA) is 38.9 Å². The predicted molar refractivity (Wildman–Crippen MR) is 72.1 cm³/mol. The molecular formula is C14H21ClN2. The molecule has 1 fully saturated rings. The molecule has 0 bridgehead atoms. The Labute approximate surface area is 109 Å². The Morgan fingerprint density at radius 2 is 2.18 bits per heavy atom. The first kappa shape index (κ1) is 12.8. The minimum atomic E-state index is 0.232. The summed E-state index contributed by atoms with van der Waals surface area (Å²) in [7, 11) is 0. The van der Waals surface area contributed by atoms with Crippen molar-refractivity contribution < 1.29 is 0 Å². The third-order valence-electron chi connectivity index (χ3n) is 3.76. The van der Waals surface area contributed by atoms with E-state index in [9.17, 15) is 0 Å². The van der Waals surface area contributed by atoms with Crippen LogP contribution in [-0.4, -0.2) is 11.0 Å². The lowest BCUT2D eigenvalue weighted by atomic mass is 9.96. The van der Waals surface area contributed by atoms with E-state index in [4.69, 9.17) is 17.3 Å². The van der Waals surface area contributed by atoms with Crippen LogP contribution in [0.2, 0.25) is 5.02 Å². The number of rotatable bonds is 5. The summed E-state index contributed by atoms with van der Waals surface area (Å²) >= 11 is 6.08. The van der Waals surface area contributed by atoms with Gasteiger partial charge in [0.2, 0.25) is 0 Å². The molecule has 1 unspecified atom stereocenters. The zero-order valence-corrected chi connectivity index (χ0v) is 11.0. The molecule has 0 spiro atoms. The van der Waals surface area contributed by atoms with Crippen LogP contribution in [0.1, 0.15) is 44.1 Å². The second-order valence-corrected chi connectivity index (χ2v) is 5.57. The van der Waals surface area contributed by atoms with Gasteiger partial charge in [0.25, 0.3) is 0 Å². The van der Waals surface area contributed by atoms with Gasteiger partial charge in [-0.15, -0.1) is 0 Å². The fraction of sp³-hybridized carbons (Fsp3) is 0.643. The van der Waals surface area contributed by atoms with Crippen LogP contribution in [0.4, 0.5) is 0 Å². The fourth-order valence-corrected chi connectivity index (χ4v) is 2.90. The van der Waals surface area contributed by atoms with Crippen molar-refractivity contribution >= 4 is 11.6 Å². The van der Waals surface area contributed by atoms with Gasteiger partial charge in [-0.3, -0.25) is 4.98 Å². The Bertz CT molecular complexity index is 348. The highest BCUT2D eigenvalue weighted by atomic mass is 35.5. The molecule has 1 aromatic heterocycles. The summed E-state index contributed by atoms with van der Waals surface area (Å²) in [5.41, 5.74) is 7.30. The van der Waals surface area contributed by atoms with E-state index in [1.807, 2.05) is 6.07 Å². The summed E-state index contributed by atoms with van der Waals surface area (Å²) in [4.78, 5) is 3.99. The number of nitrogens with two attached hydrogens (primary N) is 1. The molecule has 1 aromatic rings. The van der Waals surface area contributed by atoms with Crippen LogP contribution in [0, 0.1) is 5.92 Å². The molecule has 1 heterocycles. The molecule has 0 saturated heterocycles. The van der Waals surface area contributed by atoms with Gasteiger partial charge in [-0.25, -0.2) is 0 Å². The molecule has 1 aliphatic rings. The molecule has 3 heteroatoms. The Balaban J connectivity index is 1.76. The zero-order valence-electron chi connectivity index (χ0n) is 10.2. The molecule has 0 amide bonds. The maximum atomic E-state index is 6.17. The largest absolute Gasteiger partial charge is 0.327 e. The van der Waals surface area contributed by atoms with Gasteiger partial charge in [0.05, 0.1) is 5.02 Å². The highest BCUT2D eigenvalue weighted by Crippen LogP contribution is 2.29. The molecule has 1 saturated carbocycles. The van der Waals surface area contributed by atoms with E-state index < -0.39 is 0 Å². The minimum absolute atomic E-state index is 0.232. The van der Waals surface area contributed by atoms with Gasteiger partial charge < -0.3 is 5.73 Å². The summed E-state index contributed by atoms with van der Waals surface area (Å²) < 4.78 is 0. The molecule has 17 heavy (non-hydrogen) atoms. The monoisotopic (exact) mass is 252 g/mol. The molecule has 2 nitrogen and oxygen atoms in total. The molecule has 0 aliphatic heterocycles. The number of hydrogen-bond acceptors (Lipinski definition) is 2. The SMILES string of the molecule is NC(CCC1CCCC1)Cc1ccncc1Cl. The maximum absolute atomic E-state index is 6.17. The summed E-state index contributed by atoms with van der Waals surface area (Å²) in [6, 6.07) is 2.20. The summed E-state index contributed by atoms with van der Waals surface area (Å²) in [6.07, 6.45) is 12.4. The van der Waals surface area contributed by atoms with Crippen molar-refractivity contribution in [3.8, 4) is 0 Å². The third kappa shape index (κ3) is 3.97. The van der Waals surface area contributed by atoms with Crippen molar-refractivity contribution in [1.29, 1.82) is 0 Å². The first-order valence-electron chi connectivity index (χ1n) is 6.59. The van der Waals surface area contributed by atoms with Gasteiger partial charge in [-0.1, -0.05) is 37.3 Å². The lowest BCUT2D eigenvalue weighted by Gasteiger charge is -2.15. The average molecular weight is 253 g/mol. The molecular weight excluding hydrogens is 232 g/mol. The number of hydrogen-bond donors (Lipinski definition) is 1. The highest BCUT2D eigenvalue weighted by Gasteiger charge is 2.16. The molecule has 94 valence electrons. The quantitative estimate of drug-likeness (QED) is 0.870. The van der Waals surface area contributed by atoms with Crippen molar-refractivity contribution in [2.24, 2.45) is 11.7 Å². The molecule has 1 aliphatic carbocycles. The molecule has 2 rings (SSSR count). The lowest BCUT2D eigenvalue weighted by Crippen LogP contribution is -2.23. The van der Waals surface area contributed by atoms with E-state index >= 15 is 0 Å². The van der Waals surface area contributed by atoms with Crippen LogP contribution in [0.5, 0.6) is 0 Å². The second kappa shape index (κ2) is 6.36. The van der Waals surface area contributed by atoms with Gasteiger partial charge in [0, 0.05) is 18.4 Å². The van der Waals surface area contributed by atoms with Crippen molar-refractivity contribution in [2.75, 3.05) is 0 Å². The van der Waals surface area contributed by atoms with E-state index in [-0.39, 0.29) is 6.04 Å². The molecule has 1 atom stereocenters. The van der Waals surface area contributed by atoms with E-state index in [2.05, 4.69) is 4.98 Å². The van der Waals surface area contributed by atoms with Crippen LogP contribution in [0.15, 0.2) is 18.5 Å². The second-order valence-electron chi connectivity index (χ2n) is 5.16. The van der Waals surface area contributed by atoms with Crippen molar-refractivity contribution in [3.05, 3.63) is 29.0 Å². The Hall–Kier alpha value is -0.600. The standard InChI is InChI=1S/C14H21ClN2/c15-14-10-17-8-7-12(14)9-13(16)6-5-11-3-1-2-4-11/h7-8,10-11,13H,1-6,9,16H2. The Morgan fingerprint density at radius 1 is 1.41 bits per heavy atom. The molecule has 2 N–H and O–H groups in total.